The molecular formula is C14H18ClN3O3. The molecule has 114 valence electrons. The monoisotopic (exact) mass is 311 g/mol. The minimum absolute atomic E-state index is 0. The highest BCUT2D eigenvalue weighted by Gasteiger charge is 2.20. The number of fused-ring (bicyclic) bond motifs is 1. The first kappa shape index (κ1) is 15.6. The number of aromatic nitrogens is 1. The van der Waals surface area contributed by atoms with E-state index in [1.54, 1.807) is 25.2 Å². The van der Waals surface area contributed by atoms with Crippen molar-refractivity contribution in [3.8, 4) is 0 Å². The van der Waals surface area contributed by atoms with Crippen molar-refractivity contribution in [2.24, 2.45) is 7.05 Å². The second-order valence-electron chi connectivity index (χ2n) is 5.10. The normalized spacial score (nSPS) is 18.2. The third-order valence-corrected chi connectivity index (χ3v) is 3.69. The number of piperidine rings is 1. The highest BCUT2D eigenvalue weighted by molar-refractivity contribution is 5.96. The van der Waals surface area contributed by atoms with E-state index in [0.717, 1.165) is 25.8 Å². The summed E-state index contributed by atoms with van der Waals surface area (Å²) in [6.07, 6.45) is 3.05. The number of carbonyl (C=O) groups is 1. The van der Waals surface area contributed by atoms with Crippen molar-refractivity contribution in [1.29, 1.82) is 0 Å². The number of anilines is 1. The Kier molecular flexibility index (Phi) is 4.69. The van der Waals surface area contributed by atoms with Crippen LogP contribution in [0.5, 0.6) is 0 Å². The summed E-state index contributed by atoms with van der Waals surface area (Å²) in [4.78, 5) is 23.5. The Bertz CT molecular complexity index is 701. The van der Waals surface area contributed by atoms with Crippen molar-refractivity contribution >= 4 is 35.1 Å². The van der Waals surface area contributed by atoms with Crippen molar-refractivity contribution in [1.82, 2.24) is 9.88 Å². The summed E-state index contributed by atoms with van der Waals surface area (Å²) in [7, 11) is 1.64. The summed E-state index contributed by atoms with van der Waals surface area (Å²) < 4.78 is 6.48. The lowest BCUT2D eigenvalue weighted by molar-refractivity contribution is -0.118. The molecule has 1 aliphatic heterocycles. The van der Waals surface area contributed by atoms with Gasteiger partial charge in [-0.25, -0.2) is 4.79 Å². The fourth-order valence-electron chi connectivity index (χ4n) is 2.51. The van der Waals surface area contributed by atoms with Crippen molar-refractivity contribution in [2.75, 3.05) is 11.9 Å². The molecule has 7 heteroatoms. The molecule has 2 heterocycles. The molecule has 2 N–H and O–H groups in total. The van der Waals surface area contributed by atoms with Crippen LogP contribution in [0.1, 0.15) is 19.3 Å². The summed E-state index contributed by atoms with van der Waals surface area (Å²) >= 11 is 0. The summed E-state index contributed by atoms with van der Waals surface area (Å²) in [5, 5.41) is 6.09. The number of benzene rings is 1. The molecule has 1 atom stereocenters. The summed E-state index contributed by atoms with van der Waals surface area (Å²) in [6, 6.07) is 5.06. The van der Waals surface area contributed by atoms with E-state index < -0.39 is 5.76 Å². The van der Waals surface area contributed by atoms with Gasteiger partial charge in [0.05, 0.1) is 11.6 Å². The molecule has 0 saturated carbocycles. The Labute approximate surface area is 127 Å². The van der Waals surface area contributed by atoms with Crippen LogP contribution in [0.25, 0.3) is 11.1 Å². The molecule has 6 nitrogen and oxygen atoms in total. The van der Waals surface area contributed by atoms with Crippen LogP contribution in [0, 0.1) is 0 Å². The maximum Gasteiger partial charge on any atom is 0.419 e. The minimum atomic E-state index is -0.405. The fourth-order valence-corrected chi connectivity index (χ4v) is 2.51. The predicted octanol–water partition coefficient (Wildman–Crippen LogP) is 1.63. The van der Waals surface area contributed by atoms with E-state index in [-0.39, 0.29) is 24.4 Å². The van der Waals surface area contributed by atoms with Gasteiger partial charge in [0.15, 0.2) is 5.58 Å². The molecule has 0 radical (unpaired) electrons. The molecule has 1 saturated heterocycles. The van der Waals surface area contributed by atoms with Crippen LogP contribution in [0.3, 0.4) is 0 Å². The summed E-state index contributed by atoms with van der Waals surface area (Å²) in [6.45, 7) is 0.882. The molecule has 1 aliphatic rings. The Hall–Kier alpha value is -1.79. The number of hydrogen-bond donors (Lipinski definition) is 2. The SMILES string of the molecule is Cl.Cn1c(=O)oc2ccc(NC(=O)C3CCCCN3)cc21. The molecule has 1 aromatic carbocycles. The van der Waals surface area contributed by atoms with Crippen LogP contribution in [0.15, 0.2) is 27.4 Å². The van der Waals surface area contributed by atoms with E-state index in [1.165, 1.54) is 4.57 Å². The lowest BCUT2D eigenvalue weighted by Gasteiger charge is -2.22. The highest BCUT2D eigenvalue weighted by atomic mass is 35.5. The number of amides is 1. The highest BCUT2D eigenvalue weighted by Crippen LogP contribution is 2.18. The van der Waals surface area contributed by atoms with Crippen LogP contribution in [-0.2, 0) is 11.8 Å². The fraction of sp³-hybridized carbons (Fsp3) is 0.429. The quantitative estimate of drug-likeness (QED) is 0.884. The van der Waals surface area contributed by atoms with Crippen molar-refractivity contribution in [2.45, 2.75) is 25.3 Å². The molecule has 1 amide bonds. The molecule has 1 unspecified atom stereocenters. The largest absolute Gasteiger partial charge is 0.419 e. The van der Waals surface area contributed by atoms with Gasteiger partial charge in [-0.2, -0.15) is 0 Å². The zero-order chi connectivity index (χ0) is 14.1. The van der Waals surface area contributed by atoms with Crippen molar-refractivity contribution < 1.29 is 9.21 Å². The lowest BCUT2D eigenvalue weighted by Crippen LogP contribution is -2.43. The molecule has 0 bridgehead atoms. The van der Waals surface area contributed by atoms with Gasteiger partial charge in [0, 0.05) is 12.7 Å². The van der Waals surface area contributed by atoms with Gasteiger partial charge in [-0.05, 0) is 37.6 Å². The first-order valence-electron chi connectivity index (χ1n) is 6.79. The Morgan fingerprint density at radius 2 is 2.24 bits per heavy atom. The average Bonchev–Trinajstić information content (AvgIpc) is 2.75. The minimum Gasteiger partial charge on any atom is -0.408 e. The molecule has 2 aromatic rings. The number of oxazole rings is 1. The number of nitrogens with one attached hydrogen (secondary N) is 2. The Balaban J connectivity index is 0.00000161. The van der Waals surface area contributed by atoms with Gasteiger partial charge in [-0.1, -0.05) is 6.42 Å². The smallest absolute Gasteiger partial charge is 0.408 e. The van der Waals surface area contributed by atoms with Crippen molar-refractivity contribution in [3.63, 3.8) is 0 Å². The molecule has 21 heavy (non-hydrogen) atoms. The Morgan fingerprint density at radius 3 is 2.95 bits per heavy atom. The van der Waals surface area contributed by atoms with Gasteiger partial charge in [0.2, 0.25) is 5.91 Å². The summed E-state index contributed by atoms with van der Waals surface area (Å²) in [5.74, 6) is -0.435. The number of rotatable bonds is 2. The van der Waals surface area contributed by atoms with Crippen LogP contribution in [0.4, 0.5) is 5.69 Å². The van der Waals surface area contributed by atoms with E-state index >= 15 is 0 Å². The van der Waals surface area contributed by atoms with Crippen LogP contribution in [0.2, 0.25) is 0 Å². The molecule has 3 rings (SSSR count). The number of carbonyl (C=O) groups excluding carboxylic acids is 1. The molecular weight excluding hydrogens is 294 g/mol. The maximum atomic E-state index is 12.1. The van der Waals surface area contributed by atoms with E-state index in [0.29, 0.717) is 16.8 Å². The van der Waals surface area contributed by atoms with Gasteiger partial charge in [0.25, 0.3) is 0 Å². The zero-order valence-corrected chi connectivity index (χ0v) is 12.5. The van der Waals surface area contributed by atoms with Gasteiger partial charge >= 0.3 is 5.76 Å². The second-order valence-corrected chi connectivity index (χ2v) is 5.10. The third-order valence-electron chi connectivity index (χ3n) is 3.69. The van der Waals surface area contributed by atoms with Crippen LogP contribution in [-0.4, -0.2) is 23.1 Å². The third kappa shape index (κ3) is 3.11. The first-order valence-corrected chi connectivity index (χ1v) is 6.79. The number of nitrogens with zero attached hydrogens (tertiary/aromatic N) is 1. The van der Waals surface area contributed by atoms with E-state index in [9.17, 15) is 9.59 Å². The van der Waals surface area contributed by atoms with Gasteiger partial charge in [-0.15, -0.1) is 12.4 Å². The predicted molar refractivity (Wildman–Crippen MR) is 83.0 cm³/mol. The van der Waals surface area contributed by atoms with Gasteiger partial charge in [-0.3, -0.25) is 9.36 Å². The molecule has 0 aliphatic carbocycles. The Morgan fingerprint density at radius 1 is 1.43 bits per heavy atom. The number of aryl methyl sites for hydroxylation is 1. The summed E-state index contributed by atoms with van der Waals surface area (Å²) in [5.41, 5.74) is 1.86. The second kappa shape index (κ2) is 6.32. The van der Waals surface area contributed by atoms with E-state index in [1.807, 2.05) is 0 Å². The number of halogens is 1. The van der Waals surface area contributed by atoms with E-state index in [4.69, 9.17) is 4.42 Å². The average molecular weight is 312 g/mol. The van der Waals surface area contributed by atoms with Gasteiger partial charge < -0.3 is 15.1 Å². The molecule has 1 fully saturated rings. The number of hydrogen-bond acceptors (Lipinski definition) is 4. The van der Waals surface area contributed by atoms with Crippen molar-refractivity contribution in [3.05, 3.63) is 28.7 Å². The maximum absolute atomic E-state index is 12.1. The lowest BCUT2D eigenvalue weighted by atomic mass is 10.0. The van der Waals surface area contributed by atoms with E-state index in [2.05, 4.69) is 10.6 Å². The first-order chi connectivity index (χ1) is 9.65. The van der Waals surface area contributed by atoms with Crippen LogP contribution < -0.4 is 16.4 Å². The zero-order valence-electron chi connectivity index (χ0n) is 11.7. The molecule has 1 aromatic heterocycles. The topological polar surface area (TPSA) is 76.3 Å². The van der Waals surface area contributed by atoms with Crippen LogP contribution >= 0.6 is 12.4 Å². The standard InChI is InChI=1S/C14H17N3O3.ClH/c1-17-11-8-9(5-6-12(11)20-14(17)19)16-13(18)10-4-2-3-7-15-10;/h5-6,8,10,15H,2-4,7H2,1H3,(H,16,18);1H. The molecule has 0 spiro atoms. The van der Waals surface area contributed by atoms with Gasteiger partial charge in [0.1, 0.15) is 0 Å².